The van der Waals surface area contributed by atoms with Crippen LogP contribution in [-0.2, 0) is 15.7 Å². The molecule has 0 unspecified atom stereocenters. The zero-order valence-electron chi connectivity index (χ0n) is 9.49. The summed E-state index contributed by atoms with van der Waals surface area (Å²) in [6.45, 7) is 1.82. The maximum Gasteiger partial charge on any atom is 0.416 e. The molecule has 0 saturated carbocycles. The Balaban J connectivity index is 2.90. The van der Waals surface area contributed by atoms with Crippen LogP contribution in [0.4, 0.5) is 13.2 Å². The number of ether oxygens (including phenoxy) is 1. The van der Waals surface area contributed by atoms with Crippen LogP contribution < -0.4 is 0 Å². The molecule has 1 rings (SSSR count). The largest absolute Gasteiger partial charge is 0.507 e. The van der Waals surface area contributed by atoms with Gasteiger partial charge in [-0.05, 0) is 25.1 Å². The number of halogens is 3. The minimum absolute atomic E-state index is 0.107. The van der Waals surface area contributed by atoms with Crippen LogP contribution in [0.1, 0.15) is 18.1 Å². The Bertz CT molecular complexity index is 464. The minimum atomic E-state index is -4.51. The Hall–Kier alpha value is -1.98. The summed E-state index contributed by atoms with van der Waals surface area (Å²) in [5.41, 5.74) is -0.843. The molecule has 0 radical (unpaired) electrons. The molecule has 0 amide bonds. The van der Waals surface area contributed by atoms with Crippen LogP contribution >= 0.6 is 0 Å². The van der Waals surface area contributed by atoms with Crippen molar-refractivity contribution in [3.63, 3.8) is 0 Å². The molecule has 0 heterocycles. The molecular weight excluding hydrogens is 249 g/mol. The Morgan fingerprint density at radius 2 is 2.11 bits per heavy atom. The van der Waals surface area contributed by atoms with E-state index in [9.17, 15) is 23.1 Å². The van der Waals surface area contributed by atoms with Gasteiger partial charge in [0.2, 0.25) is 0 Å². The summed E-state index contributed by atoms with van der Waals surface area (Å²) < 4.78 is 41.5. The van der Waals surface area contributed by atoms with E-state index in [0.29, 0.717) is 6.07 Å². The van der Waals surface area contributed by atoms with Crippen LogP contribution in [0, 0.1) is 0 Å². The Morgan fingerprint density at radius 1 is 1.44 bits per heavy atom. The lowest BCUT2D eigenvalue weighted by atomic mass is 10.1. The predicted octanol–water partition coefficient (Wildman–Crippen LogP) is 2.99. The Kier molecular flexibility index (Phi) is 4.36. The molecule has 1 aromatic carbocycles. The first-order valence-corrected chi connectivity index (χ1v) is 5.09. The molecule has 0 aliphatic heterocycles. The van der Waals surface area contributed by atoms with Crippen LogP contribution in [0.25, 0.3) is 6.08 Å². The van der Waals surface area contributed by atoms with Crippen molar-refractivity contribution >= 4 is 12.0 Å². The number of carbonyl (C=O) groups is 1. The van der Waals surface area contributed by atoms with Crippen LogP contribution in [-0.4, -0.2) is 17.7 Å². The van der Waals surface area contributed by atoms with Crippen molar-refractivity contribution in [1.29, 1.82) is 0 Å². The first kappa shape index (κ1) is 14.1. The molecule has 0 fully saturated rings. The smallest absolute Gasteiger partial charge is 0.416 e. The summed E-state index contributed by atoms with van der Waals surface area (Å²) >= 11 is 0. The number of aromatic hydroxyl groups is 1. The molecule has 0 aliphatic carbocycles. The van der Waals surface area contributed by atoms with Crippen molar-refractivity contribution in [3.05, 3.63) is 35.4 Å². The monoisotopic (exact) mass is 260 g/mol. The number of phenols is 1. The third-order valence-corrected chi connectivity index (χ3v) is 2.04. The highest BCUT2D eigenvalue weighted by atomic mass is 19.4. The van der Waals surface area contributed by atoms with Gasteiger partial charge in [-0.3, -0.25) is 0 Å². The van der Waals surface area contributed by atoms with Gasteiger partial charge in [-0.1, -0.05) is 6.07 Å². The molecule has 1 N–H and O–H groups in total. The van der Waals surface area contributed by atoms with Crippen LogP contribution in [0.5, 0.6) is 5.75 Å². The summed E-state index contributed by atoms with van der Waals surface area (Å²) in [4.78, 5) is 11.0. The minimum Gasteiger partial charge on any atom is -0.507 e. The molecule has 3 nitrogen and oxygen atoms in total. The predicted molar refractivity (Wildman–Crippen MR) is 58.8 cm³/mol. The van der Waals surface area contributed by atoms with E-state index in [1.165, 1.54) is 6.08 Å². The van der Waals surface area contributed by atoms with Crippen LogP contribution in [0.15, 0.2) is 24.3 Å². The highest BCUT2D eigenvalue weighted by Gasteiger charge is 2.30. The molecule has 0 atom stereocenters. The van der Waals surface area contributed by atoms with Gasteiger partial charge < -0.3 is 9.84 Å². The average molecular weight is 260 g/mol. The molecule has 0 spiro atoms. The number of benzene rings is 1. The Labute approximate surface area is 101 Å². The van der Waals surface area contributed by atoms with Crippen LogP contribution in [0.3, 0.4) is 0 Å². The normalized spacial score (nSPS) is 11.8. The second-order valence-corrected chi connectivity index (χ2v) is 3.36. The quantitative estimate of drug-likeness (QED) is 0.671. The number of alkyl halides is 3. The van der Waals surface area contributed by atoms with Crippen molar-refractivity contribution in [2.75, 3.05) is 6.61 Å². The van der Waals surface area contributed by atoms with E-state index in [1.54, 1.807) is 6.92 Å². The lowest BCUT2D eigenvalue weighted by Crippen LogP contribution is -2.04. The fourth-order valence-corrected chi connectivity index (χ4v) is 1.21. The number of phenolic OH excluding ortho intramolecular Hbond substituents is 1. The first-order valence-electron chi connectivity index (χ1n) is 5.09. The summed E-state index contributed by atoms with van der Waals surface area (Å²) in [6.07, 6.45) is -2.29. The number of rotatable bonds is 3. The van der Waals surface area contributed by atoms with E-state index >= 15 is 0 Å². The topological polar surface area (TPSA) is 46.5 Å². The molecule has 6 heteroatoms. The van der Waals surface area contributed by atoms with E-state index < -0.39 is 23.5 Å². The molecule has 98 valence electrons. The Morgan fingerprint density at radius 3 is 2.61 bits per heavy atom. The van der Waals surface area contributed by atoms with Gasteiger partial charge in [0.15, 0.2) is 0 Å². The second kappa shape index (κ2) is 5.57. The van der Waals surface area contributed by atoms with E-state index in [2.05, 4.69) is 4.74 Å². The van der Waals surface area contributed by atoms with E-state index in [-0.39, 0.29) is 12.2 Å². The van der Waals surface area contributed by atoms with Crippen molar-refractivity contribution < 1.29 is 27.8 Å². The lowest BCUT2D eigenvalue weighted by Gasteiger charge is -2.07. The summed E-state index contributed by atoms with van der Waals surface area (Å²) in [6, 6.07) is 2.50. The molecular formula is C12H11F3O3. The summed E-state index contributed by atoms with van der Waals surface area (Å²) in [7, 11) is 0. The summed E-state index contributed by atoms with van der Waals surface area (Å²) in [5, 5.41) is 9.39. The lowest BCUT2D eigenvalue weighted by molar-refractivity contribution is -0.138. The van der Waals surface area contributed by atoms with Crippen molar-refractivity contribution in [2.24, 2.45) is 0 Å². The average Bonchev–Trinajstić information content (AvgIpc) is 2.26. The molecule has 1 aromatic rings. The third kappa shape index (κ3) is 3.80. The van der Waals surface area contributed by atoms with Gasteiger partial charge in [0, 0.05) is 11.6 Å². The zero-order valence-corrected chi connectivity index (χ0v) is 9.49. The van der Waals surface area contributed by atoms with E-state index in [1.807, 2.05) is 0 Å². The van der Waals surface area contributed by atoms with Crippen molar-refractivity contribution in [2.45, 2.75) is 13.1 Å². The summed E-state index contributed by atoms with van der Waals surface area (Å²) in [5.74, 6) is -1.18. The van der Waals surface area contributed by atoms with Crippen molar-refractivity contribution in [3.8, 4) is 5.75 Å². The van der Waals surface area contributed by atoms with Crippen LogP contribution in [0.2, 0.25) is 0 Å². The number of hydrogen-bond acceptors (Lipinski definition) is 3. The van der Waals surface area contributed by atoms with Gasteiger partial charge in [-0.25, -0.2) is 4.79 Å². The third-order valence-electron chi connectivity index (χ3n) is 2.04. The number of hydrogen-bond donors (Lipinski definition) is 1. The molecule has 0 saturated heterocycles. The first-order chi connectivity index (χ1) is 8.34. The van der Waals surface area contributed by atoms with Gasteiger partial charge in [0.1, 0.15) is 5.75 Å². The van der Waals surface area contributed by atoms with Gasteiger partial charge in [-0.15, -0.1) is 0 Å². The molecule has 0 aliphatic rings. The van der Waals surface area contributed by atoms with Gasteiger partial charge in [0.05, 0.1) is 12.2 Å². The fraction of sp³-hybridized carbons (Fsp3) is 0.250. The second-order valence-electron chi connectivity index (χ2n) is 3.36. The highest BCUT2D eigenvalue weighted by molar-refractivity contribution is 5.87. The van der Waals surface area contributed by atoms with Gasteiger partial charge in [0.25, 0.3) is 0 Å². The number of carbonyl (C=O) groups excluding carboxylic acids is 1. The highest BCUT2D eigenvalue weighted by Crippen LogP contribution is 2.32. The zero-order chi connectivity index (χ0) is 13.8. The van der Waals surface area contributed by atoms with Crippen molar-refractivity contribution in [1.82, 2.24) is 0 Å². The van der Waals surface area contributed by atoms with E-state index in [4.69, 9.17) is 0 Å². The SMILES string of the molecule is CCOC(=O)C=Cc1ccc(C(F)(F)F)cc1O. The van der Waals surface area contributed by atoms with Gasteiger partial charge in [-0.2, -0.15) is 13.2 Å². The molecule has 18 heavy (non-hydrogen) atoms. The molecule has 0 bridgehead atoms. The van der Waals surface area contributed by atoms with E-state index in [0.717, 1.165) is 18.2 Å². The number of esters is 1. The van der Waals surface area contributed by atoms with Gasteiger partial charge >= 0.3 is 12.1 Å². The maximum absolute atomic E-state index is 12.3. The standard InChI is InChI=1S/C12H11F3O3/c1-2-18-11(17)6-4-8-3-5-9(7-10(8)16)12(13,14)15/h3-7,16H,2H2,1H3. The fourth-order valence-electron chi connectivity index (χ4n) is 1.21. The molecule has 0 aromatic heterocycles. The maximum atomic E-state index is 12.3.